The first-order chi connectivity index (χ1) is 15.5. The molecule has 0 spiro atoms. The average Bonchev–Trinajstić information content (AvgIpc) is 3.44. The van der Waals surface area contributed by atoms with E-state index in [4.69, 9.17) is 5.73 Å². The molecule has 1 fully saturated rings. The molecule has 4 N–H and O–H groups in total. The van der Waals surface area contributed by atoms with Gasteiger partial charge in [0.1, 0.15) is 11.3 Å². The number of H-pyrrole nitrogens is 1. The van der Waals surface area contributed by atoms with Gasteiger partial charge in [0, 0.05) is 37.1 Å². The number of carboxylic acid groups (broad SMARTS) is 1. The van der Waals surface area contributed by atoms with Gasteiger partial charge in [-0.15, -0.1) is 0 Å². The molecule has 0 radical (unpaired) electrons. The Bertz CT molecular complexity index is 1390. The number of aromatic amines is 1. The summed E-state index contributed by atoms with van der Waals surface area (Å²) < 4.78 is 0. The van der Waals surface area contributed by atoms with Crippen LogP contribution < -0.4 is 10.6 Å². The van der Waals surface area contributed by atoms with Crippen molar-refractivity contribution >= 4 is 22.7 Å². The molecule has 0 saturated carbocycles. The third-order valence-corrected chi connectivity index (χ3v) is 5.76. The standard InChI is InChI=1S/C24H20N6O2/c25-10-14-3-1-4-15(9-14)18-11-27-12-19(22(18)30-8-7-16(26)13-30)23-28-20-6-2-5-17(24(31)32)21(20)29-23/h1-6,9,11-12,16H,7-8,13,26H2,(H,28,29)(H,31,32)/t16-/m0/s1. The second-order valence-corrected chi connectivity index (χ2v) is 7.86. The summed E-state index contributed by atoms with van der Waals surface area (Å²) in [5, 5.41) is 18.9. The fourth-order valence-electron chi connectivity index (χ4n) is 4.26. The predicted octanol–water partition coefficient (Wildman–Crippen LogP) is 3.40. The molecule has 5 rings (SSSR count). The quantitative estimate of drug-likeness (QED) is 0.457. The largest absolute Gasteiger partial charge is 0.478 e. The number of anilines is 1. The number of nitriles is 1. The summed E-state index contributed by atoms with van der Waals surface area (Å²) >= 11 is 0. The number of carbonyl (C=O) groups is 1. The summed E-state index contributed by atoms with van der Waals surface area (Å²) in [4.78, 5) is 26.2. The molecule has 158 valence electrons. The molecule has 1 aliphatic rings. The molecule has 0 amide bonds. The molecular formula is C24H20N6O2. The first kappa shape index (κ1) is 19.7. The van der Waals surface area contributed by atoms with Gasteiger partial charge in [-0.2, -0.15) is 5.26 Å². The lowest BCUT2D eigenvalue weighted by Crippen LogP contribution is -2.27. The van der Waals surface area contributed by atoms with Crippen LogP contribution in [0.25, 0.3) is 33.5 Å². The number of fused-ring (bicyclic) bond motifs is 1. The van der Waals surface area contributed by atoms with E-state index in [0.717, 1.165) is 35.3 Å². The molecule has 2 aromatic carbocycles. The van der Waals surface area contributed by atoms with Crippen LogP contribution in [0.1, 0.15) is 22.3 Å². The number of benzene rings is 2. The topological polar surface area (TPSA) is 132 Å². The van der Waals surface area contributed by atoms with Gasteiger partial charge in [-0.1, -0.05) is 18.2 Å². The number of para-hydroxylation sites is 1. The number of nitrogens with zero attached hydrogens (tertiary/aromatic N) is 4. The molecule has 1 saturated heterocycles. The summed E-state index contributed by atoms with van der Waals surface area (Å²) in [7, 11) is 0. The molecule has 3 heterocycles. The maximum absolute atomic E-state index is 11.7. The highest BCUT2D eigenvalue weighted by Gasteiger charge is 2.27. The van der Waals surface area contributed by atoms with Gasteiger partial charge in [0.25, 0.3) is 0 Å². The van der Waals surface area contributed by atoms with Crippen LogP contribution in [0.2, 0.25) is 0 Å². The van der Waals surface area contributed by atoms with E-state index in [1.54, 1.807) is 30.6 Å². The molecule has 8 heteroatoms. The Morgan fingerprint density at radius 3 is 2.78 bits per heavy atom. The Labute approximate surface area is 184 Å². The monoisotopic (exact) mass is 424 g/mol. The number of pyridine rings is 1. The number of aromatic nitrogens is 3. The molecule has 2 aromatic heterocycles. The Morgan fingerprint density at radius 2 is 2.03 bits per heavy atom. The van der Waals surface area contributed by atoms with E-state index in [9.17, 15) is 15.2 Å². The minimum absolute atomic E-state index is 0.0589. The minimum atomic E-state index is -1.03. The van der Waals surface area contributed by atoms with E-state index in [2.05, 4.69) is 25.9 Å². The number of imidazole rings is 1. The molecule has 0 aliphatic carbocycles. The Hall–Kier alpha value is -4.22. The van der Waals surface area contributed by atoms with Crippen molar-refractivity contribution in [3.05, 3.63) is 66.0 Å². The van der Waals surface area contributed by atoms with Crippen molar-refractivity contribution in [2.24, 2.45) is 5.73 Å². The van der Waals surface area contributed by atoms with Gasteiger partial charge < -0.3 is 20.7 Å². The molecule has 1 aliphatic heterocycles. The second kappa shape index (κ2) is 7.80. The van der Waals surface area contributed by atoms with Crippen LogP contribution in [0.4, 0.5) is 5.69 Å². The van der Waals surface area contributed by atoms with Crippen molar-refractivity contribution in [2.75, 3.05) is 18.0 Å². The number of hydrogen-bond acceptors (Lipinski definition) is 6. The van der Waals surface area contributed by atoms with E-state index >= 15 is 0 Å². The van der Waals surface area contributed by atoms with Crippen molar-refractivity contribution in [3.63, 3.8) is 0 Å². The van der Waals surface area contributed by atoms with Crippen LogP contribution in [0, 0.1) is 11.3 Å². The number of hydrogen-bond donors (Lipinski definition) is 3. The van der Waals surface area contributed by atoms with Gasteiger partial charge in [0.05, 0.1) is 34.0 Å². The number of rotatable bonds is 4. The summed E-state index contributed by atoms with van der Waals surface area (Å²) in [6, 6.07) is 14.7. The smallest absolute Gasteiger partial charge is 0.337 e. The fraction of sp³-hybridized carbons (Fsp3) is 0.167. The van der Waals surface area contributed by atoms with Crippen molar-refractivity contribution in [3.8, 4) is 28.6 Å². The minimum Gasteiger partial charge on any atom is -0.478 e. The van der Waals surface area contributed by atoms with Crippen LogP contribution in [0.15, 0.2) is 54.9 Å². The van der Waals surface area contributed by atoms with Gasteiger partial charge in [0.15, 0.2) is 0 Å². The zero-order chi connectivity index (χ0) is 22.2. The zero-order valence-corrected chi connectivity index (χ0v) is 17.1. The highest BCUT2D eigenvalue weighted by Crippen LogP contribution is 2.40. The van der Waals surface area contributed by atoms with Crippen LogP contribution in [-0.4, -0.2) is 45.2 Å². The molecule has 0 unspecified atom stereocenters. The number of nitrogens with two attached hydrogens (primary N) is 1. The summed E-state index contributed by atoms with van der Waals surface area (Å²) in [5.74, 6) is -0.491. The molecular weight excluding hydrogens is 404 g/mol. The van der Waals surface area contributed by atoms with Crippen molar-refractivity contribution in [2.45, 2.75) is 12.5 Å². The van der Waals surface area contributed by atoms with Gasteiger partial charge in [-0.05, 0) is 36.2 Å². The summed E-state index contributed by atoms with van der Waals surface area (Å²) in [6.07, 6.45) is 4.38. The SMILES string of the molecule is N#Cc1cccc(-c2cncc(-c3nc4c(C(=O)O)cccc4[nH]3)c2N2CC[C@H](N)C2)c1. The Kier molecular flexibility index (Phi) is 4.81. The zero-order valence-electron chi connectivity index (χ0n) is 17.1. The van der Waals surface area contributed by atoms with Gasteiger partial charge in [-0.25, -0.2) is 9.78 Å². The Morgan fingerprint density at radius 1 is 1.22 bits per heavy atom. The molecule has 4 aromatic rings. The third kappa shape index (κ3) is 3.35. The maximum Gasteiger partial charge on any atom is 0.337 e. The van der Waals surface area contributed by atoms with Gasteiger partial charge in [-0.3, -0.25) is 4.98 Å². The first-order valence-electron chi connectivity index (χ1n) is 10.3. The van der Waals surface area contributed by atoms with E-state index < -0.39 is 5.97 Å². The highest BCUT2D eigenvalue weighted by molar-refractivity contribution is 6.02. The predicted molar refractivity (Wildman–Crippen MR) is 121 cm³/mol. The molecule has 0 bridgehead atoms. The van der Waals surface area contributed by atoms with Crippen molar-refractivity contribution in [1.82, 2.24) is 15.0 Å². The van der Waals surface area contributed by atoms with Crippen LogP contribution in [-0.2, 0) is 0 Å². The lowest BCUT2D eigenvalue weighted by atomic mass is 10.00. The van der Waals surface area contributed by atoms with Crippen molar-refractivity contribution in [1.29, 1.82) is 5.26 Å². The van der Waals surface area contributed by atoms with Crippen molar-refractivity contribution < 1.29 is 9.90 Å². The third-order valence-electron chi connectivity index (χ3n) is 5.76. The Balaban J connectivity index is 1.74. The van der Waals surface area contributed by atoms with Crippen LogP contribution >= 0.6 is 0 Å². The number of nitrogens with one attached hydrogen (secondary N) is 1. The van der Waals surface area contributed by atoms with Crippen LogP contribution in [0.3, 0.4) is 0 Å². The fourth-order valence-corrected chi connectivity index (χ4v) is 4.26. The van der Waals surface area contributed by atoms with E-state index in [0.29, 0.717) is 29.0 Å². The maximum atomic E-state index is 11.7. The average molecular weight is 424 g/mol. The van der Waals surface area contributed by atoms with E-state index in [1.807, 2.05) is 18.2 Å². The van der Waals surface area contributed by atoms with Gasteiger partial charge >= 0.3 is 5.97 Å². The highest BCUT2D eigenvalue weighted by atomic mass is 16.4. The lowest BCUT2D eigenvalue weighted by molar-refractivity contribution is 0.0699. The van der Waals surface area contributed by atoms with E-state index in [-0.39, 0.29) is 11.6 Å². The molecule has 8 nitrogen and oxygen atoms in total. The van der Waals surface area contributed by atoms with Gasteiger partial charge in [0.2, 0.25) is 0 Å². The first-order valence-corrected chi connectivity index (χ1v) is 10.3. The second-order valence-electron chi connectivity index (χ2n) is 7.86. The number of aromatic carboxylic acids is 1. The normalized spacial score (nSPS) is 15.8. The molecule has 1 atom stereocenters. The van der Waals surface area contributed by atoms with Crippen LogP contribution in [0.5, 0.6) is 0 Å². The lowest BCUT2D eigenvalue weighted by Gasteiger charge is -2.24. The van der Waals surface area contributed by atoms with E-state index in [1.165, 1.54) is 6.07 Å². The summed E-state index contributed by atoms with van der Waals surface area (Å²) in [6.45, 7) is 1.46. The summed E-state index contributed by atoms with van der Waals surface area (Å²) in [5.41, 5.74) is 11.4. The molecule has 32 heavy (non-hydrogen) atoms. The number of carboxylic acids is 1.